The summed E-state index contributed by atoms with van der Waals surface area (Å²) in [5.41, 5.74) is 2.97. The molecule has 0 saturated carbocycles. The average molecular weight is 485 g/mol. The average Bonchev–Trinajstić information content (AvgIpc) is 3.14. The van der Waals surface area contributed by atoms with Crippen LogP contribution in [-0.2, 0) is 36.4 Å². The summed E-state index contributed by atoms with van der Waals surface area (Å²) in [5.74, 6) is -0.867. The summed E-state index contributed by atoms with van der Waals surface area (Å²) in [7, 11) is -2.46. The van der Waals surface area contributed by atoms with Gasteiger partial charge in [-0.3, -0.25) is 9.09 Å². The largest absolute Gasteiger partial charge is 0.507 e. The lowest BCUT2D eigenvalue weighted by atomic mass is 9.95. The van der Waals surface area contributed by atoms with Gasteiger partial charge in [-0.25, -0.2) is 9.59 Å². The maximum atomic E-state index is 12.1. The second kappa shape index (κ2) is 11.7. The van der Waals surface area contributed by atoms with Crippen LogP contribution in [0, 0.1) is 6.92 Å². The van der Waals surface area contributed by atoms with Gasteiger partial charge >= 0.3 is 19.5 Å². The summed E-state index contributed by atoms with van der Waals surface area (Å²) in [6.07, 6.45) is 0.889. The molecule has 10 nitrogen and oxygen atoms in total. The second-order valence-electron chi connectivity index (χ2n) is 7.71. The minimum absolute atomic E-state index is 0.111. The minimum Gasteiger partial charge on any atom is -0.507 e. The van der Waals surface area contributed by atoms with E-state index >= 15 is 0 Å². The van der Waals surface area contributed by atoms with Gasteiger partial charge in [-0.1, -0.05) is 11.6 Å². The van der Waals surface area contributed by atoms with E-state index in [1.54, 1.807) is 6.92 Å². The molecule has 0 saturated heterocycles. The van der Waals surface area contributed by atoms with Gasteiger partial charge in [-0.15, -0.1) is 0 Å². The highest BCUT2D eigenvalue weighted by molar-refractivity contribution is 7.52. The Bertz CT molecular complexity index is 973. The van der Waals surface area contributed by atoms with Crippen molar-refractivity contribution in [3.63, 3.8) is 0 Å². The molecule has 0 aromatic heterocycles. The number of rotatable bonds is 12. The number of carbonyl (C=O) groups excluding carboxylic acids is 2. The molecule has 184 valence electrons. The van der Waals surface area contributed by atoms with Crippen molar-refractivity contribution >= 4 is 19.5 Å². The van der Waals surface area contributed by atoms with Crippen LogP contribution in [0.15, 0.2) is 11.6 Å². The lowest BCUT2D eigenvalue weighted by Gasteiger charge is -2.17. The van der Waals surface area contributed by atoms with Crippen LogP contribution in [0.2, 0.25) is 0 Å². The molecule has 2 rings (SSSR count). The highest BCUT2D eigenvalue weighted by Gasteiger charge is 2.32. The fraction of sp³-hybridized carbons (Fsp3) is 0.545. The van der Waals surface area contributed by atoms with E-state index in [4.69, 9.17) is 18.7 Å². The van der Waals surface area contributed by atoms with E-state index in [9.17, 15) is 24.2 Å². The minimum atomic E-state index is -3.96. The number of fused-ring (bicyclic) bond motifs is 1. The Morgan fingerprint density at radius 1 is 1.39 bits per heavy atom. The zero-order valence-electron chi connectivity index (χ0n) is 19.6. The Morgan fingerprint density at radius 2 is 2.09 bits per heavy atom. The number of aromatic hydroxyl groups is 1. The maximum Gasteiger partial charge on any atom is 0.342 e. The smallest absolute Gasteiger partial charge is 0.342 e. The summed E-state index contributed by atoms with van der Waals surface area (Å²) in [6, 6.07) is 0. The molecule has 2 atom stereocenters. The van der Waals surface area contributed by atoms with Crippen molar-refractivity contribution in [3.05, 3.63) is 33.9 Å². The van der Waals surface area contributed by atoms with Crippen molar-refractivity contribution in [3.8, 4) is 11.5 Å². The quantitative estimate of drug-likeness (QED) is 0.175. The number of esters is 2. The van der Waals surface area contributed by atoms with Crippen LogP contribution in [0.5, 0.6) is 11.5 Å². The van der Waals surface area contributed by atoms with Gasteiger partial charge in [0.2, 0.25) is 0 Å². The number of phenolic OH excluding ortho intramolecular Hbond substituents is 1. The highest BCUT2D eigenvalue weighted by atomic mass is 31.2. The number of allylic oxidation sites excluding steroid dienone is 1. The van der Waals surface area contributed by atoms with E-state index in [2.05, 4.69) is 5.32 Å². The zero-order chi connectivity index (χ0) is 24.8. The second-order valence-corrected chi connectivity index (χ2v) is 9.64. The van der Waals surface area contributed by atoms with Gasteiger partial charge in [0.15, 0.2) is 6.10 Å². The first kappa shape index (κ1) is 26.9. The Morgan fingerprint density at radius 3 is 2.73 bits per heavy atom. The van der Waals surface area contributed by atoms with Gasteiger partial charge in [0.05, 0.1) is 19.9 Å². The van der Waals surface area contributed by atoms with E-state index < -0.39 is 25.6 Å². The standard InChI is InChI=1S/C22H32NO9P/c1-6-30-21(25)15(4)32-33(27,28)10-9-23-11-13(2)7-8-16-19(24)18-17(12-31-22(18)26)14(3)20(16)29-5/h7,15,23-24H,6,8-12H2,1-5H3,(H,27,28)/b13-7+/t15-/m0/s1. The molecule has 1 aromatic rings. The molecule has 1 heterocycles. The van der Waals surface area contributed by atoms with E-state index in [0.717, 1.165) is 11.1 Å². The molecule has 33 heavy (non-hydrogen) atoms. The summed E-state index contributed by atoms with van der Waals surface area (Å²) < 4.78 is 32.4. The predicted molar refractivity (Wildman–Crippen MR) is 121 cm³/mol. The summed E-state index contributed by atoms with van der Waals surface area (Å²) in [4.78, 5) is 33.5. The molecule has 0 radical (unpaired) electrons. The van der Waals surface area contributed by atoms with Gasteiger partial charge in [-0.05, 0) is 39.7 Å². The molecular formula is C22H32NO9P. The Labute approximate surface area is 193 Å². The third-order valence-corrected chi connectivity index (χ3v) is 6.65. The molecule has 0 bridgehead atoms. The lowest BCUT2D eigenvalue weighted by Crippen LogP contribution is -2.25. The third kappa shape index (κ3) is 6.80. The predicted octanol–water partition coefficient (Wildman–Crippen LogP) is 2.61. The number of methoxy groups -OCH3 is 1. The van der Waals surface area contributed by atoms with Gasteiger partial charge in [0.1, 0.15) is 23.7 Å². The molecule has 0 aliphatic carbocycles. The van der Waals surface area contributed by atoms with Gasteiger partial charge in [-0.2, -0.15) is 0 Å². The SMILES string of the molecule is CCOC(=O)[C@H](C)OP(=O)(O)CCNC/C(C)=C/Cc1c(O)c2c(c(C)c1OC)COC2=O. The fourth-order valence-electron chi connectivity index (χ4n) is 3.48. The van der Waals surface area contributed by atoms with Crippen LogP contribution in [0.1, 0.15) is 47.8 Å². The molecule has 0 fully saturated rings. The Kier molecular flexibility index (Phi) is 9.48. The Hall–Kier alpha value is -2.39. The van der Waals surface area contributed by atoms with Crippen LogP contribution in [0.4, 0.5) is 0 Å². The zero-order valence-corrected chi connectivity index (χ0v) is 20.5. The van der Waals surface area contributed by atoms with Crippen LogP contribution >= 0.6 is 7.60 Å². The number of carbonyl (C=O) groups is 2. The number of phenols is 1. The van der Waals surface area contributed by atoms with E-state index in [0.29, 0.717) is 29.8 Å². The fourth-order valence-corrected chi connectivity index (χ4v) is 4.61. The lowest BCUT2D eigenvalue weighted by molar-refractivity contribution is -0.150. The van der Waals surface area contributed by atoms with Crippen LogP contribution in [-0.4, -0.2) is 61.0 Å². The number of benzene rings is 1. The highest BCUT2D eigenvalue weighted by Crippen LogP contribution is 2.43. The number of hydrogen-bond donors (Lipinski definition) is 3. The first-order valence-corrected chi connectivity index (χ1v) is 12.4. The number of ether oxygens (including phenoxy) is 3. The molecule has 1 unspecified atom stereocenters. The monoisotopic (exact) mass is 485 g/mol. The normalized spacial score (nSPS) is 16.1. The van der Waals surface area contributed by atoms with Crippen LogP contribution in [0.3, 0.4) is 0 Å². The van der Waals surface area contributed by atoms with Crippen LogP contribution in [0.25, 0.3) is 0 Å². The summed E-state index contributed by atoms with van der Waals surface area (Å²) in [6.45, 7) is 7.57. The topological polar surface area (TPSA) is 141 Å². The van der Waals surface area contributed by atoms with E-state index in [-0.39, 0.29) is 37.2 Å². The molecule has 1 aromatic carbocycles. The van der Waals surface area contributed by atoms with Gasteiger partial charge in [0.25, 0.3) is 0 Å². The molecule has 1 aliphatic rings. The van der Waals surface area contributed by atoms with Gasteiger partial charge in [0, 0.05) is 24.2 Å². The molecule has 0 amide bonds. The maximum absolute atomic E-state index is 12.1. The molecular weight excluding hydrogens is 453 g/mol. The first-order chi connectivity index (χ1) is 15.5. The van der Waals surface area contributed by atoms with Crippen molar-refractivity contribution < 1.29 is 42.9 Å². The summed E-state index contributed by atoms with van der Waals surface area (Å²) in [5, 5.41) is 13.7. The molecule has 1 aliphatic heterocycles. The van der Waals surface area contributed by atoms with E-state index in [1.807, 2.05) is 19.9 Å². The van der Waals surface area contributed by atoms with Gasteiger partial charge < -0.3 is 29.5 Å². The molecule has 0 spiro atoms. The van der Waals surface area contributed by atoms with Crippen molar-refractivity contribution in [2.24, 2.45) is 0 Å². The first-order valence-electron chi connectivity index (χ1n) is 10.6. The van der Waals surface area contributed by atoms with Crippen molar-refractivity contribution in [2.45, 2.75) is 46.8 Å². The third-order valence-electron chi connectivity index (χ3n) is 5.22. The summed E-state index contributed by atoms with van der Waals surface area (Å²) >= 11 is 0. The van der Waals surface area contributed by atoms with Crippen molar-refractivity contribution in [1.29, 1.82) is 0 Å². The van der Waals surface area contributed by atoms with Crippen LogP contribution < -0.4 is 10.1 Å². The van der Waals surface area contributed by atoms with Crippen molar-refractivity contribution in [1.82, 2.24) is 5.32 Å². The van der Waals surface area contributed by atoms with E-state index in [1.165, 1.54) is 14.0 Å². The number of cyclic esters (lactones) is 1. The number of hydrogen-bond acceptors (Lipinski definition) is 9. The molecule has 3 N–H and O–H groups in total. The molecule has 11 heteroatoms. The Balaban J connectivity index is 1.94. The number of nitrogens with one attached hydrogen (secondary N) is 1. The van der Waals surface area contributed by atoms with Crippen molar-refractivity contribution in [2.75, 3.05) is 33.0 Å².